The van der Waals surface area contributed by atoms with Crippen molar-refractivity contribution in [2.24, 2.45) is 4.99 Å². The van der Waals surface area contributed by atoms with Crippen molar-refractivity contribution in [2.75, 3.05) is 13.6 Å². The van der Waals surface area contributed by atoms with Gasteiger partial charge in [0, 0.05) is 26.0 Å². The quantitative estimate of drug-likeness (QED) is 0.520. The molecule has 5 heteroatoms. The summed E-state index contributed by atoms with van der Waals surface area (Å²) in [6.07, 6.45) is 4.70. The minimum Gasteiger partial charge on any atom is -0.356 e. The van der Waals surface area contributed by atoms with Gasteiger partial charge >= 0.3 is 0 Å². The molecule has 0 radical (unpaired) electrons. The monoisotopic (exact) mass is 361 g/mol. The maximum atomic E-state index is 4.35. The van der Waals surface area contributed by atoms with Crippen LogP contribution in [0.3, 0.4) is 0 Å². The van der Waals surface area contributed by atoms with Crippen LogP contribution in [0.25, 0.3) is 5.69 Å². The fraction of sp³-hybridized carbons (Fsp3) is 0.273. The summed E-state index contributed by atoms with van der Waals surface area (Å²) in [6.45, 7) is 5.08. The van der Waals surface area contributed by atoms with E-state index in [1.165, 1.54) is 16.7 Å². The Morgan fingerprint density at radius 1 is 1.15 bits per heavy atom. The molecule has 3 rings (SSSR count). The molecule has 140 valence electrons. The van der Waals surface area contributed by atoms with E-state index in [-0.39, 0.29) is 6.04 Å². The van der Waals surface area contributed by atoms with Crippen molar-refractivity contribution in [2.45, 2.75) is 26.3 Å². The average molecular weight is 361 g/mol. The van der Waals surface area contributed by atoms with Gasteiger partial charge in [-0.3, -0.25) is 4.99 Å². The molecular formula is C22H27N5. The third-order valence-electron chi connectivity index (χ3n) is 4.54. The lowest BCUT2D eigenvalue weighted by molar-refractivity contribution is 0.683. The first-order chi connectivity index (χ1) is 13.2. The predicted molar refractivity (Wildman–Crippen MR) is 111 cm³/mol. The summed E-state index contributed by atoms with van der Waals surface area (Å²) in [7, 11) is 1.80. The van der Waals surface area contributed by atoms with Crippen molar-refractivity contribution in [3.05, 3.63) is 83.7 Å². The number of aliphatic imine (C=N–C) groups is 1. The zero-order valence-electron chi connectivity index (χ0n) is 16.2. The Morgan fingerprint density at radius 2 is 1.96 bits per heavy atom. The molecule has 5 nitrogen and oxygen atoms in total. The van der Waals surface area contributed by atoms with Gasteiger partial charge in [-0.15, -0.1) is 0 Å². The summed E-state index contributed by atoms with van der Waals surface area (Å²) in [5, 5.41) is 11.2. The number of hydrogen-bond acceptors (Lipinski definition) is 2. The van der Waals surface area contributed by atoms with Gasteiger partial charge in [0.25, 0.3) is 0 Å². The number of nitrogens with one attached hydrogen (secondary N) is 2. The lowest BCUT2D eigenvalue weighted by Gasteiger charge is -2.19. The molecule has 2 N–H and O–H groups in total. The molecule has 0 saturated heterocycles. The highest BCUT2D eigenvalue weighted by molar-refractivity contribution is 5.80. The number of aromatic nitrogens is 2. The lowest BCUT2D eigenvalue weighted by atomic mass is 10.1. The molecule has 0 saturated carbocycles. The average Bonchev–Trinajstić information content (AvgIpc) is 3.23. The van der Waals surface area contributed by atoms with Gasteiger partial charge < -0.3 is 10.6 Å². The molecule has 0 spiro atoms. The predicted octanol–water partition coefficient (Wildman–Crippen LogP) is 3.65. The number of benzene rings is 2. The summed E-state index contributed by atoms with van der Waals surface area (Å²) in [6, 6.07) is 19.1. The number of guanidine groups is 1. The first kappa shape index (κ1) is 18.7. The molecule has 0 aliphatic heterocycles. The molecule has 1 atom stereocenters. The van der Waals surface area contributed by atoms with E-state index in [4.69, 9.17) is 0 Å². The molecule has 1 unspecified atom stereocenters. The van der Waals surface area contributed by atoms with Gasteiger partial charge in [0.1, 0.15) is 0 Å². The zero-order chi connectivity index (χ0) is 19.1. The van der Waals surface area contributed by atoms with E-state index in [1.54, 1.807) is 13.2 Å². The van der Waals surface area contributed by atoms with Crippen LogP contribution in [-0.2, 0) is 6.42 Å². The summed E-state index contributed by atoms with van der Waals surface area (Å²) >= 11 is 0. The largest absolute Gasteiger partial charge is 0.356 e. The SMILES string of the molecule is CN=C(NCCc1ccc(C)cc1)NC(C)c1cccc(-n2cccn2)c1. The Balaban J connectivity index is 1.56. The maximum absolute atomic E-state index is 4.35. The van der Waals surface area contributed by atoms with E-state index < -0.39 is 0 Å². The van der Waals surface area contributed by atoms with Gasteiger partial charge in [0.15, 0.2) is 5.96 Å². The standard InChI is InChI=1S/C22H27N5/c1-17-8-10-19(11-9-17)12-14-24-22(23-3)26-18(2)20-6-4-7-21(16-20)27-15-5-13-25-27/h4-11,13,15-16,18H,12,14H2,1-3H3,(H2,23,24,26). The van der Waals surface area contributed by atoms with Gasteiger partial charge in [-0.1, -0.05) is 42.0 Å². The Hall–Kier alpha value is -3.08. The third kappa shape index (κ3) is 5.20. The topological polar surface area (TPSA) is 54.2 Å². The van der Waals surface area contributed by atoms with Crippen molar-refractivity contribution < 1.29 is 0 Å². The second-order valence-electron chi connectivity index (χ2n) is 6.65. The zero-order valence-corrected chi connectivity index (χ0v) is 16.2. The summed E-state index contributed by atoms with van der Waals surface area (Å²) in [5.74, 6) is 0.805. The fourth-order valence-electron chi connectivity index (χ4n) is 2.92. The van der Waals surface area contributed by atoms with Crippen molar-refractivity contribution in [1.82, 2.24) is 20.4 Å². The summed E-state index contributed by atoms with van der Waals surface area (Å²) in [4.78, 5) is 4.35. The van der Waals surface area contributed by atoms with Gasteiger partial charge in [0.05, 0.1) is 11.7 Å². The van der Waals surface area contributed by atoms with E-state index >= 15 is 0 Å². The Morgan fingerprint density at radius 3 is 2.67 bits per heavy atom. The lowest BCUT2D eigenvalue weighted by Crippen LogP contribution is -2.39. The number of rotatable bonds is 6. The van der Waals surface area contributed by atoms with E-state index in [2.05, 4.69) is 83.1 Å². The molecule has 0 amide bonds. The van der Waals surface area contributed by atoms with Crippen LogP contribution in [0.2, 0.25) is 0 Å². The minimum atomic E-state index is 0.131. The summed E-state index contributed by atoms with van der Waals surface area (Å²) in [5.41, 5.74) is 4.84. The molecule has 27 heavy (non-hydrogen) atoms. The summed E-state index contributed by atoms with van der Waals surface area (Å²) < 4.78 is 1.87. The molecule has 2 aromatic carbocycles. The third-order valence-corrected chi connectivity index (χ3v) is 4.54. The van der Waals surface area contributed by atoms with Crippen LogP contribution in [-0.4, -0.2) is 29.3 Å². The van der Waals surface area contributed by atoms with Crippen LogP contribution >= 0.6 is 0 Å². The molecule has 1 heterocycles. The van der Waals surface area contributed by atoms with Gasteiger partial charge in [-0.2, -0.15) is 5.10 Å². The minimum absolute atomic E-state index is 0.131. The van der Waals surface area contributed by atoms with Crippen LogP contribution in [0.1, 0.15) is 29.7 Å². The Labute approximate surface area is 161 Å². The highest BCUT2D eigenvalue weighted by Gasteiger charge is 2.09. The van der Waals surface area contributed by atoms with Gasteiger partial charge in [0.2, 0.25) is 0 Å². The molecule has 0 aliphatic rings. The Bertz CT molecular complexity index is 866. The van der Waals surface area contributed by atoms with Crippen molar-refractivity contribution in [1.29, 1.82) is 0 Å². The van der Waals surface area contributed by atoms with E-state index in [9.17, 15) is 0 Å². The van der Waals surface area contributed by atoms with Gasteiger partial charge in [-0.25, -0.2) is 4.68 Å². The van der Waals surface area contributed by atoms with E-state index in [0.29, 0.717) is 0 Å². The first-order valence-corrected chi connectivity index (χ1v) is 9.28. The second kappa shape index (κ2) is 9.03. The molecular weight excluding hydrogens is 334 g/mol. The number of aryl methyl sites for hydroxylation is 1. The van der Waals surface area contributed by atoms with Crippen molar-refractivity contribution in [3.63, 3.8) is 0 Å². The first-order valence-electron chi connectivity index (χ1n) is 9.28. The molecule has 0 fully saturated rings. The van der Waals surface area contributed by atoms with Crippen molar-refractivity contribution in [3.8, 4) is 5.69 Å². The highest BCUT2D eigenvalue weighted by Crippen LogP contribution is 2.16. The molecule has 3 aromatic rings. The molecule has 1 aromatic heterocycles. The Kier molecular flexibility index (Phi) is 6.26. The van der Waals surface area contributed by atoms with Crippen molar-refractivity contribution >= 4 is 5.96 Å². The van der Waals surface area contributed by atoms with E-state index in [0.717, 1.165) is 24.6 Å². The number of nitrogens with zero attached hydrogens (tertiary/aromatic N) is 3. The normalized spacial score (nSPS) is 12.6. The molecule has 0 aliphatic carbocycles. The maximum Gasteiger partial charge on any atom is 0.191 e. The number of hydrogen-bond donors (Lipinski definition) is 2. The van der Waals surface area contributed by atoms with Crippen LogP contribution in [0, 0.1) is 6.92 Å². The molecule has 0 bridgehead atoms. The van der Waals surface area contributed by atoms with E-state index in [1.807, 2.05) is 16.9 Å². The van der Waals surface area contributed by atoms with Gasteiger partial charge in [-0.05, 0) is 49.6 Å². The van der Waals surface area contributed by atoms with Crippen LogP contribution in [0.5, 0.6) is 0 Å². The van der Waals surface area contributed by atoms with Crippen LogP contribution < -0.4 is 10.6 Å². The fourth-order valence-corrected chi connectivity index (χ4v) is 2.92. The van der Waals surface area contributed by atoms with Crippen LogP contribution in [0.15, 0.2) is 72.0 Å². The van der Waals surface area contributed by atoms with Crippen LogP contribution in [0.4, 0.5) is 0 Å². The highest BCUT2D eigenvalue weighted by atomic mass is 15.3. The second-order valence-corrected chi connectivity index (χ2v) is 6.65. The smallest absolute Gasteiger partial charge is 0.191 e.